The van der Waals surface area contributed by atoms with Crippen molar-refractivity contribution in [2.45, 2.75) is 33.2 Å². The molecule has 1 aliphatic heterocycles. The smallest absolute Gasteiger partial charge is 0.332 e. The highest BCUT2D eigenvalue weighted by Gasteiger charge is 2.28. The summed E-state index contributed by atoms with van der Waals surface area (Å²) in [5, 5.41) is 11.6. The summed E-state index contributed by atoms with van der Waals surface area (Å²) in [6, 6.07) is 9.40. The SMILES string of the molecule is Cc1cc(-c2ccc(-n3ccn(C)c3=O)c(Cl)c2)c(O)c(-c2cc(F)c(F)c(N3CCN(C(C)(C)C)CC3)c2)n1. The molecule has 0 unspecified atom stereocenters. The topological polar surface area (TPSA) is 66.5 Å². The number of aromatic nitrogens is 3. The molecule has 210 valence electrons. The van der Waals surface area contributed by atoms with E-state index in [0.717, 1.165) is 19.2 Å². The second-order valence-electron chi connectivity index (χ2n) is 11.2. The summed E-state index contributed by atoms with van der Waals surface area (Å²) in [5.74, 6) is -2.10. The Morgan fingerprint density at radius 1 is 0.950 bits per heavy atom. The van der Waals surface area contributed by atoms with Gasteiger partial charge in [0.15, 0.2) is 11.6 Å². The van der Waals surface area contributed by atoms with Crippen molar-refractivity contribution in [3.63, 3.8) is 0 Å². The number of pyridine rings is 1. The molecule has 1 N–H and O–H groups in total. The number of piperazine rings is 1. The molecule has 7 nitrogen and oxygen atoms in total. The maximum atomic E-state index is 15.0. The van der Waals surface area contributed by atoms with Gasteiger partial charge in [-0.05, 0) is 63.6 Å². The van der Waals surface area contributed by atoms with Crippen LogP contribution >= 0.6 is 11.6 Å². The van der Waals surface area contributed by atoms with Gasteiger partial charge in [-0.2, -0.15) is 0 Å². The quantitative estimate of drug-likeness (QED) is 0.339. The third kappa shape index (κ3) is 5.11. The van der Waals surface area contributed by atoms with Crippen LogP contribution in [0.15, 0.2) is 53.6 Å². The minimum atomic E-state index is -1.00. The van der Waals surface area contributed by atoms with Crippen molar-refractivity contribution in [2.24, 2.45) is 7.05 Å². The molecule has 4 aromatic rings. The molecule has 2 aromatic heterocycles. The molecule has 2 aromatic carbocycles. The summed E-state index contributed by atoms with van der Waals surface area (Å²) in [6.45, 7) is 10.7. The van der Waals surface area contributed by atoms with E-state index in [1.54, 1.807) is 56.7 Å². The van der Waals surface area contributed by atoms with Crippen molar-refractivity contribution >= 4 is 17.3 Å². The molecule has 0 amide bonds. The summed E-state index contributed by atoms with van der Waals surface area (Å²) in [7, 11) is 1.65. The van der Waals surface area contributed by atoms with Gasteiger partial charge in [0.1, 0.15) is 11.4 Å². The lowest BCUT2D eigenvalue weighted by Gasteiger charge is -2.43. The van der Waals surface area contributed by atoms with Crippen LogP contribution in [0.4, 0.5) is 14.5 Å². The largest absolute Gasteiger partial charge is 0.505 e. The summed E-state index contributed by atoms with van der Waals surface area (Å²) in [4.78, 5) is 21.0. The minimum Gasteiger partial charge on any atom is -0.505 e. The van der Waals surface area contributed by atoms with Gasteiger partial charge in [0.25, 0.3) is 0 Å². The van der Waals surface area contributed by atoms with E-state index in [-0.39, 0.29) is 33.9 Å². The van der Waals surface area contributed by atoms with Crippen LogP contribution in [-0.2, 0) is 7.05 Å². The molecule has 40 heavy (non-hydrogen) atoms. The average Bonchev–Trinajstić information content (AvgIpc) is 3.24. The van der Waals surface area contributed by atoms with Crippen molar-refractivity contribution in [2.75, 3.05) is 31.1 Å². The maximum Gasteiger partial charge on any atom is 0.332 e. The van der Waals surface area contributed by atoms with E-state index in [2.05, 4.69) is 30.7 Å². The first-order valence-electron chi connectivity index (χ1n) is 13.1. The fourth-order valence-electron chi connectivity index (χ4n) is 5.16. The highest BCUT2D eigenvalue weighted by molar-refractivity contribution is 6.32. The van der Waals surface area contributed by atoms with E-state index in [1.165, 1.54) is 9.13 Å². The number of aromatic hydroxyl groups is 1. The van der Waals surface area contributed by atoms with Crippen LogP contribution in [0.3, 0.4) is 0 Å². The van der Waals surface area contributed by atoms with Gasteiger partial charge in [-0.15, -0.1) is 0 Å². The lowest BCUT2D eigenvalue weighted by molar-refractivity contribution is 0.128. The summed E-state index contributed by atoms with van der Waals surface area (Å²) in [6.07, 6.45) is 3.26. The fraction of sp³-hybridized carbons (Fsp3) is 0.333. The van der Waals surface area contributed by atoms with E-state index >= 15 is 4.39 Å². The fourth-order valence-corrected chi connectivity index (χ4v) is 5.44. The first-order valence-corrected chi connectivity index (χ1v) is 13.5. The highest BCUT2D eigenvalue weighted by Crippen LogP contribution is 2.41. The molecule has 3 heterocycles. The van der Waals surface area contributed by atoms with Gasteiger partial charge in [0.05, 0.1) is 16.4 Å². The molecule has 0 radical (unpaired) electrons. The van der Waals surface area contributed by atoms with Crippen LogP contribution in [0.5, 0.6) is 5.75 Å². The number of benzene rings is 2. The Bertz CT molecular complexity index is 1650. The van der Waals surface area contributed by atoms with Crippen LogP contribution in [-0.4, -0.2) is 55.8 Å². The summed E-state index contributed by atoms with van der Waals surface area (Å²) >= 11 is 6.56. The third-order valence-electron chi connectivity index (χ3n) is 7.44. The van der Waals surface area contributed by atoms with E-state index in [9.17, 15) is 14.3 Å². The van der Waals surface area contributed by atoms with Gasteiger partial charge in [0.2, 0.25) is 0 Å². The Morgan fingerprint density at radius 2 is 1.65 bits per heavy atom. The van der Waals surface area contributed by atoms with Crippen molar-refractivity contribution < 1.29 is 13.9 Å². The van der Waals surface area contributed by atoms with Gasteiger partial charge < -0.3 is 14.6 Å². The lowest BCUT2D eigenvalue weighted by atomic mass is 9.99. The van der Waals surface area contributed by atoms with Crippen LogP contribution < -0.4 is 10.6 Å². The zero-order valence-corrected chi connectivity index (χ0v) is 23.9. The van der Waals surface area contributed by atoms with Gasteiger partial charge in [0, 0.05) is 68.0 Å². The highest BCUT2D eigenvalue weighted by atomic mass is 35.5. The molecule has 0 spiro atoms. The Kier molecular flexibility index (Phi) is 7.22. The molecular weight excluding hydrogens is 536 g/mol. The zero-order valence-electron chi connectivity index (χ0n) is 23.2. The number of nitrogens with zero attached hydrogens (tertiary/aromatic N) is 5. The van der Waals surface area contributed by atoms with Crippen molar-refractivity contribution in [3.05, 3.63) is 81.6 Å². The molecule has 1 aliphatic rings. The Morgan fingerprint density at radius 3 is 2.25 bits per heavy atom. The van der Waals surface area contributed by atoms with E-state index in [4.69, 9.17) is 11.6 Å². The molecule has 0 atom stereocenters. The van der Waals surface area contributed by atoms with E-state index < -0.39 is 11.6 Å². The van der Waals surface area contributed by atoms with Crippen molar-refractivity contribution in [3.8, 4) is 33.8 Å². The second kappa shape index (κ2) is 10.4. The van der Waals surface area contributed by atoms with E-state index in [0.29, 0.717) is 40.6 Å². The lowest BCUT2D eigenvalue weighted by Crippen LogP contribution is -2.53. The first-order chi connectivity index (χ1) is 18.8. The monoisotopic (exact) mass is 567 g/mol. The Labute approximate surface area is 236 Å². The normalized spacial score (nSPS) is 14.7. The number of hydrogen-bond donors (Lipinski definition) is 1. The predicted octanol–water partition coefficient (Wildman–Crippen LogP) is 5.77. The molecule has 5 rings (SSSR count). The number of halogens is 3. The zero-order chi connectivity index (χ0) is 28.9. The Balaban J connectivity index is 1.53. The van der Waals surface area contributed by atoms with Crippen molar-refractivity contribution in [1.82, 2.24) is 19.0 Å². The van der Waals surface area contributed by atoms with Gasteiger partial charge in [-0.3, -0.25) is 9.47 Å². The van der Waals surface area contributed by atoms with Crippen LogP contribution in [0.2, 0.25) is 5.02 Å². The number of imidazole rings is 1. The van der Waals surface area contributed by atoms with Crippen LogP contribution in [0.1, 0.15) is 26.5 Å². The van der Waals surface area contributed by atoms with Crippen molar-refractivity contribution in [1.29, 1.82) is 0 Å². The number of hydrogen-bond acceptors (Lipinski definition) is 5. The van der Waals surface area contributed by atoms with Gasteiger partial charge >= 0.3 is 5.69 Å². The number of anilines is 1. The van der Waals surface area contributed by atoms with Gasteiger partial charge in [-0.1, -0.05) is 17.7 Å². The summed E-state index contributed by atoms with van der Waals surface area (Å²) < 4.78 is 32.8. The van der Waals surface area contributed by atoms with E-state index in [1.807, 2.05) is 4.90 Å². The molecular formula is C30H32ClF2N5O2. The predicted molar refractivity (Wildman–Crippen MR) is 155 cm³/mol. The van der Waals surface area contributed by atoms with Crippen LogP contribution in [0, 0.1) is 18.6 Å². The maximum absolute atomic E-state index is 15.0. The molecule has 0 saturated carbocycles. The third-order valence-corrected chi connectivity index (χ3v) is 7.74. The molecule has 0 aliphatic carbocycles. The first kappa shape index (κ1) is 27.9. The molecule has 10 heteroatoms. The molecule has 1 fully saturated rings. The number of rotatable bonds is 4. The van der Waals surface area contributed by atoms with Gasteiger partial charge in [-0.25, -0.2) is 18.6 Å². The minimum absolute atomic E-state index is 0.0104. The van der Waals surface area contributed by atoms with Crippen LogP contribution in [0.25, 0.3) is 28.1 Å². The second-order valence-corrected chi connectivity index (χ2v) is 11.6. The summed E-state index contributed by atoms with van der Waals surface area (Å²) in [5.41, 5.74) is 2.40. The molecule has 1 saturated heterocycles. The number of aryl methyl sites for hydroxylation is 2. The molecule has 0 bridgehead atoms. The average molecular weight is 568 g/mol. The standard InChI is InChI=1S/C30H32ClF2N5O2/c1-18-14-21(19-6-7-24(22(31)15-19)38-13-8-35(5)29(38)40)28(39)27(34-18)20-16-23(32)26(33)25(17-20)36-9-11-37(12-10-36)30(2,3)4/h6-8,13-17,39H,9-12H2,1-5H3. The Hall–Kier alpha value is -3.69.